The van der Waals surface area contributed by atoms with Gasteiger partial charge in [0, 0.05) is 13.0 Å². The topological polar surface area (TPSA) is 50.7 Å². The number of rotatable bonds is 5. The molecule has 1 aromatic rings. The van der Waals surface area contributed by atoms with E-state index >= 15 is 0 Å². The van der Waals surface area contributed by atoms with Crippen LogP contribution in [0, 0.1) is 11.8 Å². The van der Waals surface area contributed by atoms with E-state index in [0.29, 0.717) is 5.95 Å². The van der Waals surface area contributed by atoms with Crippen molar-refractivity contribution in [3.05, 3.63) is 11.4 Å². The number of nitrogens with zero attached hydrogens (tertiary/aromatic N) is 3. The van der Waals surface area contributed by atoms with Crippen LogP contribution in [-0.4, -0.2) is 21.7 Å². The summed E-state index contributed by atoms with van der Waals surface area (Å²) in [5.41, 5.74) is 2.02. The Morgan fingerprint density at radius 2 is 1.88 bits per heavy atom. The molecule has 0 spiro atoms. The number of hydrogen-bond acceptors (Lipinski definition) is 4. The van der Waals surface area contributed by atoms with E-state index in [4.69, 9.17) is 0 Å². The summed E-state index contributed by atoms with van der Waals surface area (Å²) in [6.07, 6.45) is 2.57. The van der Waals surface area contributed by atoms with E-state index in [2.05, 4.69) is 46.2 Å². The van der Waals surface area contributed by atoms with Gasteiger partial charge in [-0.25, -0.2) is 4.98 Å². The first-order valence-electron chi connectivity index (χ1n) is 5.67. The van der Waals surface area contributed by atoms with Crippen molar-refractivity contribution < 1.29 is 0 Å². The molecule has 86 valence electrons. The highest BCUT2D eigenvalue weighted by molar-refractivity contribution is 5.26. The zero-order chi connectivity index (χ0) is 11.8. The molecule has 4 heteroatoms. The van der Waals surface area contributed by atoms with Gasteiger partial charge in [-0.15, -0.1) is 16.9 Å². The molecule has 16 heavy (non-hydrogen) atoms. The molecule has 0 saturated carbocycles. The lowest BCUT2D eigenvalue weighted by Crippen LogP contribution is -2.10. The minimum absolute atomic E-state index is 0.604. The highest BCUT2D eigenvalue weighted by Crippen LogP contribution is 2.06. The smallest absolute Gasteiger partial charge is 0.243 e. The average molecular weight is 218 g/mol. The molecule has 0 aliphatic carbocycles. The van der Waals surface area contributed by atoms with Gasteiger partial charge in [-0.3, -0.25) is 0 Å². The van der Waals surface area contributed by atoms with Crippen LogP contribution in [0.3, 0.4) is 0 Å². The van der Waals surface area contributed by atoms with Crippen molar-refractivity contribution in [1.29, 1.82) is 0 Å². The van der Waals surface area contributed by atoms with Crippen LogP contribution in [0.5, 0.6) is 0 Å². The van der Waals surface area contributed by atoms with Gasteiger partial charge in [-0.2, -0.15) is 5.10 Å². The van der Waals surface area contributed by atoms with E-state index in [1.54, 1.807) is 0 Å². The Morgan fingerprint density at radius 3 is 2.50 bits per heavy atom. The molecule has 1 heterocycles. The lowest BCUT2D eigenvalue weighted by atomic mass is 10.2. The molecule has 0 unspecified atom stereocenters. The minimum Gasteiger partial charge on any atom is -0.352 e. The molecular formula is C12H18N4. The second kappa shape index (κ2) is 6.78. The van der Waals surface area contributed by atoms with E-state index in [1.165, 1.54) is 0 Å². The third-order valence-electron chi connectivity index (χ3n) is 2.22. The normalized spacial score (nSPS) is 9.44. The van der Waals surface area contributed by atoms with E-state index in [9.17, 15) is 0 Å². The van der Waals surface area contributed by atoms with Crippen LogP contribution in [0.25, 0.3) is 0 Å². The Labute approximate surface area is 96.9 Å². The third-order valence-corrected chi connectivity index (χ3v) is 2.22. The number of aryl methyl sites for hydroxylation is 2. The fourth-order valence-corrected chi connectivity index (χ4v) is 1.37. The first-order chi connectivity index (χ1) is 7.81. The van der Waals surface area contributed by atoms with Crippen LogP contribution in [0.2, 0.25) is 0 Å². The number of hydrogen-bond donors (Lipinski definition) is 1. The summed E-state index contributed by atoms with van der Waals surface area (Å²) in [6.45, 7) is 6.74. The predicted molar refractivity (Wildman–Crippen MR) is 65.1 cm³/mol. The standard InChI is InChI=1S/C12H18N4/c1-4-7-8-9-13-12-14-10(5-2)11(6-3)15-16-12/h5-6,8-9H2,1-3H3,(H,13,14,16). The van der Waals surface area contributed by atoms with Crippen LogP contribution in [0.1, 0.15) is 38.6 Å². The van der Waals surface area contributed by atoms with Gasteiger partial charge in [0.1, 0.15) is 0 Å². The van der Waals surface area contributed by atoms with Crippen molar-refractivity contribution in [2.24, 2.45) is 0 Å². The molecular weight excluding hydrogens is 200 g/mol. The highest BCUT2D eigenvalue weighted by Gasteiger charge is 2.04. The fourth-order valence-electron chi connectivity index (χ4n) is 1.37. The quantitative estimate of drug-likeness (QED) is 0.605. The summed E-state index contributed by atoms with van der Waals surface area (Å²) in [6, 6.07) is 0. The van der Waals surface area contributed by atoms with Crippen LogP contribution in [0.15, 0.2) is 0 Å². The van der Waals surface area contributed by atoms with Crippen molar-refractivity contribution in [1.82, 2.24) is 15.2 Å². The van der Waals surface area contributed by atoms with Gasteiger partial charge in [-0.1, -0.05) is 13.8 Å². The number of nitrogens with one attached hydrogen (secondary N) is 1. The molecule has 1 N–H and O–H groups in total. The van der Waals surface area contributed by atoms with Crippen LogP contribution in [-0.2, 0) is 12.8 Å². The molecule has 0 aliphatic heterocycles. The van der Waals surface area contributed by atoms with E-state index < -0.39 is 0 Å². The van der Waals surface area contributed by atoms with Gasteiger partial charge in [-0.05, 0) is 19.8 Å². The number of aromatic nitrogens is 3. The Kier molecular flexibility index (Phi) is 5.27. The Hall–Kier alpha value is -1.63. The van der Waals surface area contributed by atoms with Crippen LogP contribution < -0.4 is 5.32 Å². The summed E-state index contributed by atoms with van der Waals surface area (Å²) < 4.78 is 0. The van der Waals surface area contributed by atoms with Crippen molar-refractivity contribution >= 4 is 5.95 Å². The van der Waals surface area contributed by atoms with Gasteiger partial charge >= 0.3 is 0 Å². The zero-order valence-corrected chi connectivity index (χ0v) is 10.2. The lowest BCUT2D eigenvalue weighted by molar-refractivity contribution is 0.819. The average Bonchev–Trinajstić information content (AvgIpc) is 2.34. The summed E-state index contributed by atoms with van der Waals surface area (Å²) in [5, 5.41) is 11.3. The maximum atomic E-state index is 4.43. The second-order valence-corrected chi connectivity index (χ2v) is 3.34. The molecule has 0 radical (unpaired) electrons. The van der Waals surface area contributed by atoms with Crippen LogP contribution >= 0.6 is 0 Å². The summed E-state index contributed by atoms with van der Waals surface area (Å²) in [7, 11) is 0. The van der Waals surface area contributed by atoms with Gasteiger partial charge in [0.05, 0.1) is 11.4 Å². The monoisotopic (exact) mass is 218 g/mol. The molecule has 4 nitrogen and oxygen atoms in total. The number of anilines is 1. The minimum atomic E-state index is 0.604. The van der Waals surface area contributed by atoms with E-state index in [1.807, 2.05) is 6.92 Å². The second-order valence-electron chi connectivity index (χ2n) is 3.34. The molecule has 0 bridgehead atoms. The Bertz CT molecular complexity index is 390. The summed E-state index contributed by atoms with van der Waals surface area (Å²) in [4.78, 5) is 4.43. The first-order valence-corrected chi connectivity index (χ1v) is 5.67. The van der Waals surface area contributed by atoms with Gasteiger partial charge in [0.25, 0.3) is 0 Å². The molecule has 0 saturated heterocycles. The summed E-state index contributed by atoms with van der Waals surface area (Å²) >= 11 is 0. The van der Waals surface area contributed by atoms with Gasteiger partial charge < -0.3 is 5.32 Å². The first kappa shape index (κ1) is 12.4. The molecule has 0 aromatic carbocycles. The predicted octanol–water partition coefficient (Wildman–Crippen LogP) is 1.82. The van der Waals surface area contributed by atoms with E-state index in [0.717, 1.165) is 37.2 Å². The van der Waals surface area contributed by atoms with Crippen molar-refractivity contribution in [2.45, 2.75) is 40.0 Å². The Morgan fingerprint density at radius 1 is 1.12 bits per heavy atom. The molecule has 0 aliphatic rings. The largest absolute Gasteiger partial charge is 0.352 e. The Balaban J connectivity index is 2.63. The maximum absolute atomic E-state index is 4.43. The summed E-state index contributed by atoms with van der Waals surface area (Å²) in [5.74, 6) is 6.43. The molecule has 1 rings (SSSR count). The highest BCUT2D eigenvalue weighted by atomic mass is 15.2. The molecule has 0 atom stereocenters. The van der Waals surface area contributed by atoms with Crippen molar-refractivity contribution in [3.63, 3.8) is 0 Å². The van der Waals surface area contributed by atoms with Gasteiger partial charge in [0.2, 0.25) is 5.95 Å². The van der Waals surface area contributed by atoms with Crippen molar-refractivity contribution in [2.75, 3.05) is 11.9 Å². The van der Waals surface area contributed by atoms with Gasteiger partial charge in [0.15, 0.2) is 0 Å². The third kappa shape index (κ3) is 3.50. The molecule has 1 aromatic heterocycles. The zero-order valence-electron chi connectivity index (χ0n) is 10.2. The molecule has 0 fully saturated rings. The fraction of sp³-hybridized carbons (Fsp3) is 0.583. The van der Waals surface area contributed by atoms with E-state index in [-0.39, 0.29) is 0 Å². The lowest BCUT2D eigenvalue weighted by Gasteiger charge is -2.06. The SMILES string of the molecule is CC#CCCNc1nnc(CC)c(CC)n1. The maximum Gasteiger partial charge on any atom is 0.243 e. The van der Waals surface area contributed by atoms with Crippen LogP contribution in [0.4, 0.5) is 5.95 Å². The van der Waals surface area contributed by atoms with Crippen molar-refractivity contribution in [3.8, 4) is 11.8 Å². The molecule has 0 amide bonds.